The molecule has 0 atom stereocenters. The van der Waals surface area contributed by atoms with Crippen LogP contribution in [-0.4, -0.2) is 56.0 Å². The molecule has 0 radical (unpaired) electrons. The van der Waals surface area contributed by atoms with E-state index in [0.29, 0.717) is 43.7 Å². The number of carbonyl (C=O) groups is 3. The van der Waals surface area contributed by atoms with Crippen molar-refractivity contribution < 1.29 is 19.1 Å². The molecule has 0 unspecified atom stereocenters. The van der Waals surface area contributed by atoms with Gasteiger partial charge in [0.15, 0.2) is 0 Å². The molecule has 2 aromatic rings. The Morgan fingerprint density at radius 2 is 1.68 bits per heavy atom. The van der Waals surface area contributed by atoms with Crippen molar-refractivity contribution in [2.75, 3.05) is 38.6 Å². The van der Waals surface area contributed by atoms with Gasteiger partial charge in [-0.15, -0.1) is 0 Å². The minimum absolute atomic E-state index is 0.0929. The smallest absolute Gasteiger partial charge is 0.308 e. The number of nitrogens with one attached hydrogen (secondary N) is 2. The Labute approximate surface area is 182 Å². The maximum atomic E-state index is 12.6. The van der Waals surface area contributed by atoms with E-state index in [1.807, 2.05) is 35.2 Å². The molecule has 2 N–H and O–H groups in total. The average molecular weight is 424 g/mol. The van der Waals surface area contributed by atoms with Gasteiger partial charge in [-0.05, 0) is 50.0 Å². The molecule has 164 valence electrons. The van der Waals surface area contributed by atoms with Gasteiger partial charge in [0.1, 0.15) is 0 Å². The zero-order valence-corrected chi connectivity index (χ0v) is 17.8. The summed E-state index contributed by atoms with van der Waals surface area (Å²) < 4.78 is 4.80. The number of anilines is 1. The van der Waals surface area contributed by atoms with Crippen LogP contribution >= 0.6 is 0 Å². The Morgan fingerprint density at radius 1 is 1.00 bits per heavy atom. The van der Waals surface area contributed by atoms with E-state index >= 15 is 0 Å². The lowest BCUT2D eigenvalue weighted by atomic mass is 9.97. The number of esters is 1. The van der Waals surface area contributed by atoms with Crippen LogP contribution in [0.2, 0.25) is 0 Å². The molecule has 1 saturated heterocycles. The summed E-state index contributed by atoms with van der Waals surface area (Å²) in [6.45, 7) is 2.06. The molecule has 0 saturated carbocycles. The second kappa shape index (κ2) is 11.3. The lowest BCUT2D eigenvalue weighted by molar-refractivity contribution is -0.147. The number of likely N-dealkylation sites (tertiary alicyclic amines) is 1. The van der Waals surface area contributed by atoms with Crippen molar-refractivity contribution >= 4 is 23.5 Å². The highest BCUT2D eigenvalue weighted by Crippen LogP contribution is 2.19. The van der Waals surface area contributed by atoms with Crippen LogP contribution in [0, 0.1) is 5.92 Å². The number of hydrogen-bond acceptors (Lipinski definition) is 5. The van der Waals surface area contributed by atoms with Crippen molar-refractivity contribution in [2.24, 2.45) is 5.92 Å². The second-order valence-electron chi connectivity index (χ2n) is 7.66. The Morgan fingerprint density at radius 3 is 2.39 bits per heavy atom. The topological polar surface area (TPSA) is 87.7 Å². The lowest BCUT2D eigenvalue weighted by Gasteiger charge is -2.30. The molecule has 2 aromatic carbocycles. The van der Waals surface area contributed by atoms with Gasteiger partial charge < -0.3 is 15.4 Å². The maximum Gasteiger partial charge on any atom is 0.308 e. The van der Waals surface area contributed by atoms with Crippen LogP contribution in [0.4, 0.5) is 5.69 Å². The molecule has 1 fully saturated rings. The molecular weight excluding hydrogens is 394 g/mol. The number of carbonyl (C=O) groups excluding carboxylic acids is 3. The molecule has 7 heteroatoms. The van der Waals surface area contributed by atoms with Crippen LogP contribution in [-0.2, 0) is 20.7 Å². The van der Waals surface area contributed by atoms with Crippen molar-refractivity contribution in [3.63, 3.8) is 0 Å². The van der Waals surface area contributed by atoms with E-state index in [1.54, 1.807) is 24.3 Å². The monoisotopic (exact) mass is 423 g/mol. The van der Waals surface area contributed by atoms with E-state index in [-0.39, 0.29) is 30.2 Å². The maximum absolute atomic E-state index is 12.6. The van der Waals surface area contributed by atoms with Gasteiger partial charge >= 0.3 is 5.97 Å². The summed E-state index contributed by atoms with van der Waals surface area (Å²) in [6, 6.07) is 16.9. The van der Waals surface area contributed by atoms with E-state index in [4.69, 9.17) is 4.74 Å². The first-order valence-corrected chi connectivity index (χ1v) is 10.6. The van der Waals surface area contributed by atoms with Gasteiger partial charge in [0.25, 0.3) is 5.91 Å². The highest BCUT2D eigenvalue weighted by Gasteiger charge is 2.26. The third-order valence-corrected chi connectivity index (χ3v) is 5.48. The Hall–Kier alpha value is -3.19. The van der Waals surface area contributed by atoms with Gasteiger partial charge in [-0.25, -0.2) is 0 Å². The zero-order chi connectivity index (χ0) is 22.1. The van der Waals surface area contributed by atoms with E-state index in [1.165, 1.54) is 7.11 Å². The minimum Gasteiger partial charge on any atom is -0.469 e. The highest BCUT2D eigenvalue weighted by molar-refractivity contribution is 6.04. The molecular formula is C24H29N3O4. The van der Waals surface area contributed by atoms with E-state index in [2.05, 4.69) is 10.6 Å². The van der Waals surface area contributed by atoms with Gasteiger partial charge in [0.05, 0.1) is 30.8 Å². The Bertz CT molecular complexity index is 893. The fourth-order valence-corrected chi connectivity index (χ4v) is 3.74. The number of amides is 2. The average Bonchev–Trinajstić information content (AvgIpc) is 2.80. The summed E-state index contributed by atoms with van der Waals surface area (Å²) >= 11 is 0. The second-order valence-corrected chi connectivity index (χ2v) is 7.66. The standard InChI is InChI=1S/C24H29N3O4/c1-31-24(30)19-12-15-27(16-13-19)17-22(28)26-21-10-6-5-9-20(21)23(29)25-14-11-18-7-3-2-4-8-18/h2-10,19H,11-17H2,1H3,(H,25,29)(H,26,28). The summed E-state index contributed by atoms with van der Waals surface area (Å²) in [5, 5.41) is 5.78. The molecule has 0 aliphatic carbocycles. The fraction of sp³-hybridized carbons (Fsp3) is 0.375. The quantitative estimate of drug-likeness (QED) is 0.637. The minimum atomic E-state index is -0.217. The first kappa shape index (κ1) is 22.5. The third-order valence-electron chi connectivity index (χ3n) is 5.48. The third kappa shape index (κ3) is 6.65. The first-order chi connectivity index (χ1) is 15.1. The normalized spacial score (nSPS) is 14.6. The van der Waals surface area contributed by atoms with Crippen LogP contribution in [0.15, 0.2) is 54.6 Å². The van der Waals surface area contributed by atoms with Crippen molar-refractivity contribution in [1.29, 1.82) is 0 Å². The summed E-state index contributed by atoms with van der Waals surface area (Å²) in [4.78, 5) is 38.8. The number of hydrogen-bond donors (Lipinski definition) is 2. The zero-order valence-electron chi connectivity index (χ0n) is 17.8. The molecule has 31 heavy (non-hydrogen) atoms. The molecule has 1 aliphatic heterocycles. The van der Waals surface area contributed by atoms with E-state index < -0.39 is 0 Å². The fourth-order valence-electron chi connectivity index (χ4n) is 3.74. The molecule has 0 bridgehead atoms. The number of para-hydroxylation sites is 1. The van der Waals surface area contributed by atoms with Crippen LogP contribution in [0.5, 0.6) is 0 Å². The van der Waals surface area contributed by atoms with Gasteiger partial charge in [-0.1, -0.05) is 42.5 Å². The molecule has 1 aliphatic rings. The first-order valence-electron chi connectivity index (χ1n) is 10.6. The lowest BCUT2D eigenvalue weighted by Crippen LogP contribution is -2.41. The largest absolute Gasteiger partial charge is 0.469 e. The molecule has 7 nitrogen and oxygen atoms in total. The van der Waals surface area contributed by atoms with Gasteiger partial charge in [0, 0.05) is 6.54 Å². The Balaban J connectivity index is 1.50. The molecule has 1 heterocycles. The number of rotatable bonds is 8. The van der Waals surface area contributed by atoms with E-state index in [0.717, 1.165) is 12.0 Å². The highest BCUT2D eigenvalue weighted by atomic mass is 16.5. The number of nitrogens with zero attached hydrogens (tertiary/aromatic N) is 1. The molecule has 0 spiro atoms. The predicted molar refractivity (Wildman–Crippen MR) is 119 cm³/mol. The van der Waals surface area contributed by atoms with Crippen molar-refractivity contribution in [3.8, 4) is 0 Å². The van der Waals surface area contributed by atoms with Gasteiger partial charge in [-0.2, -0.15) is 0 Å². The predicted octanol–water partition coefficient (Wildman–Crippen LogP) is 2.48. The summed E-state index contributed by atoms with van der Waals surface area (Å²) in [6.07, 6.45) is 2.10. The van der Waals surface area contributed by atoms with Crippen LogP contribution < -0.4 is 10.6 Å². The Kier molecular flexibility index (Phi) is 8.18. The van der Waals surface area contributed by atoms with Gasteiger partial charge in [-0.3, -0.25) is 19.3 Å². The summed E-state index contributed by atoms with van der Waals surface area (Å²) in [7, 11) is 1.40. The van der Waals surface area contributed by atoms with Crippen LogP contribution in [0.3, 0.4) is 0 Å². The number of benzene rings is 2. The van der Waals surface area contributed by atoms with Gasteiger partial charge in [0.2, 0.25) is 5.91 Å². The van der Waals surface area contributed by atoms with Crippen molar-refractivity contribution in [3.05, 3.63) is 65.7 Å². The van der Waals surface area contributed by atoms with Crippen LogP contribution in [0.25, 0.3) is 0 Å². The van der Waals surface area contributed by atoms with Crippen LogP contribution in [0.1, 0.15) is 28.8 Å². The summed E-state index contributed by atoms with van der Waals surface area (Å²) in [5.41, 5.74) is 2.09. The molecule has 0 aromatic heterocycles. The number of piperidine rings is 1. The van der Waals surface area contributed by atoms with Crippen molar-refractivity contribution in [1.82, 2.24) is 10.2 Å². The summed E-state index contributed by atoms with van der Waals surface area (Å²) in [5.74, 6) is -0.673. The molecule has 2 amide bonds. The SMILES string of the molecule is COC(=O)C1CCN(CC(=O)Nc2ccccc2C(=O)NCCc2ccccc2)CC1. The number of methoxy groups -OCH3 is 1. The molecule has 3 rings (SSSR count). The van der Waals surface area contributed by atoms with E-state index in [9.17, 15) is 14.4 Å². The number of ether oxygens (including phenoxy) is 1. The van der Waals surface area contributed by atoms with Crippen molar-refractivity contribution in [2.45, 2.75) is 19.3 Å².